The van der Waals surface area contributed by atoms with Gasteiger partial charge in [-0.25, -0.2) is 9.59 Å². The summed E-state index contributed by atoms with van der Waals surface area (Å²) in [6, 6.07) is -3.60. The van der Waals surface area contributed by atoms with Crippen LogP contribution in [0.2, 0.25) is 0 Å². The SMILES string of the molecule is CC1C(=O)NC(=O)CN1C(=O)NC(CC(=O)O)C(=O)O. The number of amides is 4. The van der Waals surface area contributed by atoms with Crippen LogP contribution in [0, 0.1) is 0 Å². The van der Waals surface area contributed by atoms with Crippen LogP contribution in [0.1, 0.15) is 13.3 Å². The number of nitrogens with zero attached hydrogens (tertiary/aromatic N) is 1. The lowest BCUT2D eigenvalue weighted by Crippen LogP contribution is -2.62. The molecule has 0 radical (unpaired) electrons. The monoisotopic (exact) mass is 287 g/mol. The van der Waals surface area contributed by atoms with Crippen molar-refractivity contribution in [3.05, 3.63) is 0 Å². The smallest absolute Gasteiger partial charge is 0.326 e. The van der Waals surface area contributed by atoms with Gasteiger partial charge in [0.1, 0.15) is 18.6 Å². The maximum absolute atomic E-state index is 11.8. The first kappa shape index (κ1) is 15.4. The number of piperazine rings is 1. The van der Waals surface area contributed by atoms with Gasteiger partial charge in [0, 0.05) is 0 Å². The van der Waals surface area contributed by atoms with Crippen LogP contribution in [-0.2, 0) is 19.2 Å². The van der Waals surface area contributed by atoms with E-state index in [4.69, 9.17) is 10.2 Å². The van der Waals surface area contributed by atoms with Crippen LogP contribution in [-0.4, -0.2) is 63.5 Å². The first-order valence-corrected chi connectivity index (χ1v) is 5.57. The molecule has 2 unspecified atom stereocenters. The number of aliphatic carboxylic acids is 2. The van der Waals surface area contributed by atoms with Crippen molar-refractivity contribution in [1.82, 2.24) is 15.5 Å². The average Bonchev–Trinajstić information content (AvgIpc) is 2.32. The molecule has 0 aromatic rings. The van der Waals surface area contributed by atoms with E-state index in [9.17, 15) is 24.0 Å². The second kappa shape index (κ2) is 5.99. The molecular weight excluding hydrogens is 274 g/mol. The number of carbonyl (C=O) groups excluding carboxylic acids is 3. The first-order valence-electron chi connectivity index (χ1n) is 5.57. The summed E-state index contributed by atoms with van der Waals surface area (Å²) < 4.78 is 0. The molecule has 0 aromatic heterocycles. The van der Waals surface area contributed by atoms with Crippen molar-refractivity contribution >= 4 is 29.8 Å². The molecule has 0 bridgehead atoms. The van der Waals surface area contributed by atoms with E-state index >= 15 is 0 Å². The minimum atomic E-state index is -1.65. The van der Waals surface area contributed by atoms with Gasteiger partial charge in [0.05, 0.1) is 6.42 Å². The predicted octanol–water partition coefficient (Wildman–Crippen LogP) is -2.03. The van der Waals surface area contributed by atoms with Crippen LogP contribution in [0.5, 0.6) is 0 Å². The van der Waals surface area contributed by atoms with Gasteiger partial charge in [-0.2, -0.15) is 0 Å². The summed E-state index contributed by atoms with van der Waals surface area (Å²) >= 11 is 0. The normalized spacial score (nSPS) is 20.1. The zero-order valence-electron chi connectivity index (χ0n) is 10.5. The molecule has 1 aliphatic heterocycles. The third-order valence-electron chi connectivity index (χ3n) is 2.66. The molecule has 4 N–H and O–H groups in total. The van der Waals surface area contributed by atoms with Gasteiger partial charge in [-0.1, -0.05) is 0 Å². The number of imide groups is 1. The van der Waals surface area contributed by atoms with Crippen molar-refractivity contribution in [2.24, 2.45) is 0 Å². The quantitative estimate of drug-likeness (QED) is 0.435. The average molecular weight is 287 g/mol. The molecule has 4 amide bonds. The Morgan fingerprint density at radius 3 is 2.50 bits per heavy atom. The first-order chi connectivity index (χ1) is 9.22. The number of rotatable bonds is 4. The van der Waals surface area contributed by atoms with Crippen LogP contribution in [0.15, 0.2) is 0 Å². The molecule has 1 saturated heterocycles. The highest BCUT2D eigenvalue weighted by atomic mass is 16.4. The molecule has 110 valence electrons. The lowest BCUT2D eigenvalue weighted by Gasteiger charge is -2.32. The maximum Gasteiger partial charge on any atom is 0.326 e. The Hall–Kier alpha value is -2.65. The highest BCUT2D eigenvalue weighted by Crippen LogP contribution is 2.06. The van der Waals surface area contributed by atoms with Crippen molar-refractivity contribution < 1.29 is 34.2 Å². The Labute approximate surface area is 112 Å². The highest BCUT2D eigenvalue weighted by Gasteiger charge is 2.35. The molecule has 1 rings (SSSR count). The molecular formula is C10H13N3O7. The Morgan fingerprint density at radius 1 is 1.40 bits per heavy atom. The van der Waals surface area contributed by atoms with Crippen LogP contribution in [0.25, 0.3) is 0 Å². The maximum atomic E-state index is 11.8. The van der Waals surface area contributed by atoms with E-state index < -0.39 is 54.8 Å². The summed E-state index contributed by atoms with van der Waals surface area (Å²) in [6.07, 6.45) is -0.816. The van der Waals surface area contributed by atoms with Crippen molar-refractivity contribution in [2.45, 2.75) is 25.4 Å². The zero-order chi connectivity index (χ0) is 15.4. The second-order valence-electron chi connectivity index (χ2n) is 4.15. The summed E-state index contributed by atoms with van der Waals surface area (Å²) in [5.41, 5.74) is 0. The molecule has 0 spiro atoms. The topological polar surface area (TPSA) is 153 Å². The molecule has 1 fully saturated rings. The molecule has 0 aromatic carbocycles. The molecule has 10 nitrogen and oxygen atoms in total. The Bertz CT molecular complexity index is 475. The fourth-order valence-electron chi connectivity index (χ4n) is 1.57. The van der Waals surface area contributed by atoms with Crippen molar-refractivity contribution in [2.75, 3.05) is 6.54 Å². The summed E-state index contributed by atoms with van der Waals surface area (Å²) in [5.74, 6) is -4.32. The van der Waals surface area contributed by atoms with Crippen molar-refractivity contribution in [3.8, 4) is 0 Å². The zero-order valence-corrected chi connectivity index (χ0v) is 10.5. The van der Waals surface area contributed by atoms with E-state index in [1.807, 2.05) is 10.6 Å². The van der Waals surface area contributed by atoms with E-state index in [1.165, 1.54) is 6.92 Å². The van der Waals surface area contributed by atoms with E-state index in [0.717, 1.165) is 4.90 Å². The minimum absolute atomic E-state index is 0.419. The standard InChI is InChI=1S/C10H13N3O7/c1-4-8(17)12-6(14)3-13(4)10(20)11-5(9(18)19)2-7(15)16/h4-5H,2-3H2,1H3,(H,11,20)(H,15,16)(H,18,19)(H,12,14,17). The van der Waals surface area contributed by atoms with Gasteiger partial charge < -0.3 is 20.4 Å². The number of hydrogen-bond acceptors (Lipinski definition) is 5. The van der Waals surface area contributed by atoms with E-state index in [2.05, 4.69) is 0 Å². The molecule has 20 heavy (non-hydrogen) atoms. The third kappa shape index (κ3) is 3.67. The predicted molar refractivity (Wildman–Crippen MR) is 61.5 cm³/mol. The third-order valence-corrected chi connectivity index (χ3v) is 2.66. The summed E-state index contributed by atoms with van der Waals surface area (Å²) in [6.45, 7) is 0.937. The molecule has 0 saturated carbocycles. The van der Waals surface area contributed by atoms with Gasteiger partial charge in [-0.3, -0.25) is 19.7 Å². The Balaban J connectivity index is 2.77. The largest absolute Gasteiger partial charge is 0.481 e. The number of nitrogens with one attached hydrogen (secondary N) is 2. The molecule has 0 aliphatic carbocycles. The number of hydrogen-bond donors (Lipinski definition) is 4. The molecule has 1 aliphatic rings. The van der Waals surface area contributed by atoms with Gasteiger partial charge in [0.2, 0.25) is 11.8 Å². The highest BCUT2D eigenvalue weighted by molar-refractivity contribution is 6.04. The van der Waals surface area contributed by atoms with Gasteiger partial charge in [0.25, 0.3) is 0 Å². The number of carboxylic acids is 2. The molecule has 1 heterocycles. The van der Waals surface area contributed by atoms with Gasteiger partial charge in [-0.15, -0.1) is 0 Å². The molecule has 10 heteroatoms. The van der Waals surface area contributed by atoms with E-state index in [0.29, 0.717) is 0 Å². The molecule has 2 atom stereocenters. The lowest BCUT2D eigenvalue weighted by atomic mass is 10.2. The van der Waals surface area contributed by atoms with Gasteiger partial charge in [0.15, 0.2) is 0 Å². The number of carbonyl (C=O) groups is 5. The Kier molecular flexibility index (Phi) is 4.62. The second-order valence-corrected chi connectivity index (χ2v) is 4.15. The summed E-state index contributed by atoms with van der Waals surface area (Å²) in [4.78, 5) is 56.5. The number of urea groups is 1. The van der Waals surface area contributed by atoms with E-state index in [-0.39, 0.29) is 0 Å². The van der Waals surface area contributed by atoms with Gasteiger partial charge >= 0.3 is 18.0 Å². The van der Waals surface area contributed by atoms with Crippen molar-refractivity contribution in [1.29, 1.82) is 0 Å². The lowest BCUT2D eigenvalue weighted by molar-refractivity contribution is -0.145. The van der Waals surface area contributed by atoms with Crippen LogP contribution < -0.4 is 10.6 Å². The Morgan fingerprint density at radius 2 is 2.00 bits per heavy atom. The van der Waals surface area contributed by atoms with E-state index in [1.54, 1.807) is 0 Å². The summed E-state index contributed by atoms with van der Waals surface area (Å²) in [7, 11) is 0. The van der Waals surface area contributed by atoms with Crippen LogP contribution in [0.3, 0.4) is 0 Å². The minimum Gasteiger partial charge on any atom is -0.481 e. The fraction of sp³-hybridized carbons (Fsp3) is 0.500. The van der Waals surface area contributed by atoms with Crippen molar-refractivity contribution in [3.63, 3.8) is 0 Å². The summed E-state index contributed by atoms with van der Waals surface area (Å²) in [5, 5.41) is 21.3. The number of carboxylic acid groups (broad SMARTS) is 2. The van der Waals surface area contributed by atoms with Crippen LogP contribution >= 0.6 is 0 Å². The van der Waals surface area contributed by atoms with Crippen LogP contribution in [0.4, 0.5) is 4.79 Å². The van der Waals surface area contributed by atoms with Gasteiger partial charge in [-0.05, 0) is 6.92 Å². The fourth-order valence-corrected chi connectivity index (χ4v) is 1.57.